The van der Waals surface area contributed by atoms with Crippen molar-refractivity contribution in [3.05, 3.63) is 0 Å². The van der Waals surface area contributed by atoms with Gasteiger partial charge in [0.15, 0.2) is 0 Å². The molecule has 0 saturated heterocycles. The van der Waals surface area contributed by atoms with Gasteiger partial charge in [0.1, 0.15) is 0 Å². The van der Waals surface area contributed by atoms with E-state index in [4.69, 9.17) is 46.4 Å². The van der Waals surface area contributed by atoms with Gasteiger partial charge in [0.05, 0.1) is 0 Å². The minimum absolute atomic E-state index is 0. The van der Waals surface area contributed by atoms with Crippen LogP contribution in [0.5, 0.6) is 0 Å². The number of halogens is 4. The van der Waals surface area contributed by atoms with E-state index in [0.717, 1.165) is 0 Å². The molecule has 0 aromatic carbocycles. The Morgan fingerprint density at radius 1 is 0.857 bits per heavy atom. The second-order valence-corrected chi connectivity index (χ2v) is 3.86. The predicted molar refractivity (Wildman–Crippen MR) is 29.8 cm³/mol. The summed E-state index contributed by atoms with van der Waals surface area (Å²) in [5, 5.41) is 0. The SMILES string of the molecule is ClC(Cl)(Cl)Cl.O.[W]. The van der Waals surface area contributed by atoms with E-state index in [-0.39, 0.29) is 26.5 Å². The van der Waals surface area contributed by atoms with Gasteiger partial charge in [-0.05, 0) is 0 Å². The Bertz CT molecular complexity index is 27.2. The third kappa shape index (κ3) is 80.6. The van der Waals surface area contributed by atoms with Crippen molar-refractivity contribution in [1.29, 1.82) is 0 Å². The van der Waals surface area contributed by atoms with Gasteiger partial charge in [-0.1, -0.05) is 46.4 Å². The molecule has 2 N–H and O–H groups in total. The zero-order valence-corrected chi connectivity index (χ0v) is 8.88. The van der Waals surface area contributed by atoms with Gasteiger partial charge in [-0.15, -0.1) is 0 Å². The third-order valence-electron chi connectivity index (χ3n) is 0. The Hall–Kier alpha value is 1.81. The summed E-state index contributed by atoms with van der Waals surface area (Å²) in [5.41, 5.74) is 0. The van der Waals surface area contributed by atoms with Crippen LogP contribution in [0.2, 0.25) is 0 Å². The van der Waals surface area contributed by atoms with Crippen molar-refractivity contribution in [2.24, 2.45) is 0 Å². The molecular formula is CH2Cl4OW. The molecule has 0 aliphatic heterocycles. The van der Waals surface area contributed by atoms with Gasteiger partial charge >= 0.3 is 0 Å². The fourth-order valence-electron chi connectivity index (χ4n) is 0. The average Bonchev–Trinajstić information content (AvgIpc) is 0.722. The molecule has 0 aromatic heterocycles. The van der Waals surface area contributed by atoms with Crippen LogP contribution in [0.3, 0.4) is 0 Å². The van der Waals surface area contributed by atoms with Crippen LogP contribution in [-0.2, 0) is 21.1 Å². The first-order valence-electron chi connectivity index (χ1n) is 0.756. The fraction of sp³-hybridized carbons (Fsp3) is 1.00. The van der Waals surface area contributed by atoms with Crippen LogP contribution in [0.25, 0.3) is 0 Å². The van der Waals surface area contributed by atoms with E-state index in [1.54, 1.807) is 0 Å². The normalized spacial score (nSPS) is 8.57. The van der Waals surface area contributed by atoms with Gasteiger partial charge < -0.3 is 5.48 Å². The molecule has 7 heavy (non-hydrogen) atoms. The van der Waals surface area contributed by atoms with E-state index in [9.17, 15) is 0 Å². The summed E-state index contributed by atoms with van der Waals surface area (Å²) in [4.78, 5) is 0. The molecule has 0 atom stereocenters. The van der Waals surface area contributed by atoms with E-state index in [0.29, 0.717) is 0 Å². The third-order valence-corrected chi connectivity index (χ3v) is 0. The second kappa shape index (κ2) is 5.94. The molecule has 0 aromatic rings. The van der Waals surface area contributed by atoms with Crippen molar-refractivity contribution in [1.82, 2.24) is 0 Å². The second-order valence-electron chi connectivity index (χ2n) is 0.429. The molecule has 0 amide bonds. The molecule has 1 nitrogen and oxygen atoms in total. The standard InChI is InChI=1S/CCl4.H2O.W/c2-1(3,4)5;;/h;1H2;. The fourth-order valence-corrected chi connectivity index (χ4v) is 0. The Balaban J connectivity index is -0.0000000800. The van der Waals surface area contributed by atoms with Crippen LogP contribution in [-0.4, -0.2) is 8.73 Å². The van der Waals surface area contributed by atoms with Crippen LogP contribution >= 0.6 is 46.4 Å². The van der Waals surface area contributed by atoms with E-state index in [1.165, 1.54) is 0 Å². The number of alkyl halides is 4. The average molecular weight is 356 g/mol. The van der Waals surface area contributed by atoms with Crippen LogP contribution in [0.15, 0.2) is 0 Å². The molecule has 46 valence electrons. The maximum Gasteiger partial charge on any atom is 0.266 e. The van der Waals surface area contributed by atoms with E-state index in [2.05, 4.69) is 0 Å². The summed E-state index contributed by atoms with van der Waals surface area (Å²) in [6, 6.07) is 0. The van der Waals surface area contributed by atoms with Gasteiger partial charge in [0.25, 0.3) is 3.25 Å². The molecule has 0 saturated carbocycles. The Labute approximate surface area is 75.8 Å². The van der Waals surface area contributed by atoms with E-state index < -0.39 is 3.25 Å². The van der Waals surface area contributed by atoms with E-state index >= 15 is 0 Å². The van der Waals surface area contributed by atoms with Crippen molar-refractivity contribution in [3.8, 4) is 0 Å². The Morgan fingerprint density at radius 2 is 0.857 bits per heavy atom. The summed E-state index contributed by atoms with van der Waals surface area (Å²) in [6.07, 6.45) is 0. The molecule has 0 spiro atoms. The van der Waals surface area contributed by atoms with E-state index in [1.807, 2.05) is 0 Å². The van der Waals surface area contributed by atoms with Crippen molar-refractivity contribution in [2.75, 3.05) is 0 Å². The molecule has 0 rings (SSSR count). The van der Waals surface area contributed by atoms with Crippen molar-refractivity contribution >= 4 is 46.4 Å². The maximum absolute atomic E-state index is 4.83. The van der Waals surface area contributed by atoms with Crippen LogP contribution < -0.4 is 0 Å². The number of hydrogen-bond donors (Lipinski definition) is 0. The molecule has 0 heterocycles. The molecule has 0 bridgehead atoms. The van der Waals surface area contributed by atoms with Crippen LogP contribution in [0.1, 0.15) is 0 Å². The van der Waals surface area contributed by atoms with Gasteiger partial charge in [0.2, 0.25) is 0 Å². The van der Waals surface area contributed by atoms with Gasteiger partial charge in [0, 0.05) is 21.1 Å². The minimum atomic E-state index is -1.61. The van der Waals surface area contributed by atoms with Crippen molar-refractivity contribution in [3.63, 3.8) is 0 Å². The van der Waals surface area contributed by atoms with Crippen LogP contribution in [0, 0.1) is 0 Å². The quantitative estimate of drug-likeness (QED) is 0.593. The molecule has 0 aliphatic carbocycles. The largest absolute Gasteiger partial charge is 0.412 e. The maximum atomic E-state index is 4.83. The molecule has 0 fully saturated rings. The molecular weight excluding hydrogens is 354 g/mol. The van der Waals surface area contributed by atoms with Crippen LogP contribution in [0.4, 0.5) is 0 Å². The molecule has 0 aliphatic rings. The summed E-state index contributed by atoms with van der Waals surface area (Å²) in [7, 11) is 0. The Morgan fingerprint density at radius 3 is 0.857 bits per heavy atom. The minimum Gasteiger partial charge on any atom is -0.412 e. The topological polar surface area (TPSA) is 31.5 Å². The zero-order valence-electron chi connectivity index (χ0n) is 2.92. The first-order valence-corrected chi connectivity index (χ1v) is 2.27. The van der Waals surface area contributed by atoms with Crippen molar-refractivity contribution < 1.29 is 26.5 Å². The summed E-state index contributed by atoms with van der Waals surface area (Å²) in [6.45, 7) is 0. The van der Waals surface area contributed by atoms with Gasteiger partial charge in [-0.2, -0.15) is 0 Å². The Kier molecular flexibility index (Phi) is 13.5. The monoisotopic (exact) mass is 354 g/mol. The summed E-state index contributed by atoms with van der Waals surface area (Å²) in [5.74, 6) is 0. The predicted octanol–water partition coefficient (Wildman–Crippen LogP) is 1.73. The van der Waals surface area contributed by atoms with Gasteiger partial charge in [-0.3, -0.25) is 0 Å². The van der Waals surface area contributed by atoms with Gasteiger partial charge in [-0.25, -0.2) is 0 Å². The zero-order chi connectivity index (χ0) is 4.50. The summed E-state index contributed by atoms with van der Waals surface area (Å²) >= 11 is 19.3. The number of rotatable bonds is 0. The van der Waals surface area contributed by atoms with Crippen molar-refractivity contribution in [2.45, 2.75) is 3.25 Å². The first-order chi connectivity index (χ1) is 2.00. The first kappa shape index (κ1) is 15.9. The molecule has 6 heteroatoms. The smallest absolute Gasteiger partial charge is 0.266 e. The summed E-state index contributed by atoms with van der Waals surface area (Å²) < 4.78 is -1.61. The number of hydrogen-bond acceptors (Lipinski definition) is 0. The molecule has 0 unspecified atom stereocenters. The molecule has 0 radical (unpaired) electrons.